The molecule has 0 atom stereocenters. The Morgan fingerprint density at radius 2 is 2.13 bits per heavy atom. The molecule has 0 aliphatic rings. The topological polar surface area (TPSA) is 21.3 Å². The number of rotatable bonds is 7. The molecule has 15 heavy (non-hydrogen) atoms. The van der Waals surface area contributed by atoms with Gasteiger partial charge in [0.25, 0.3) is 0 Å². The highest BCUT2D eigenvalue weighted by Crippen LogP contribution is 2.11. The third kappa shape index (κ3) is 5.11. The molecule has 0 aliphatic carbocycles. The number of methoxy groups -OCH3 is 1. The quantitative estimate of drug-likeness (QED) is 0.509. The number of hydrogen-bond donors (Lipinski definition) is 1. The summed E-state index contributed by atoms with van der Waals surface area (Å²) >= 11 is 0. The Hall–Kier alpha value is -1.44. The van der Waals surface area contributed by atoms with E-state index in [0.717, 1.165) is 30.0 Å². The van der Waals surface area contributed by atoms with Gasteiger partial charge in [0.05, 0.1) is 12.8 Å². The molecule has 2 heteroatoms. The van der Waals surface area contributed by atoms with Crippen LogP contribution in [0, 0.1) is 0 Å². The fraction of sp³-hybridized carbons (Fsp3) is 0.385. The lowest BCUT2D eigenvalue weighted by molar-refractivity contribution is 0.296. The molecule has 0 aromatic heterocycles. The smallest absolute Gasteiger partial charge is 0.138 e. The van der Waals surface area contributed by atoms with E-state index in [-0.39, 0.29) is 0 Å². The van der Waals surface area contributed by atoms with Crippen molar-refractivity contribution in [1.82, 2.24) is 5.32 Å². The van der Waals surface area contributed by atoms with Crippen LogP contribution >= 0.6 is 0 Å². The highest BCUT2D eigenvalue weighted by Gasteiger charge is 2.03. The van der Waals surface area contributed by atoms with Crippen molar-refractivity contribution in [2.45, 2.75) is 26.7 Å². The number of hydrogen-bond acceptors (Lipinski definition) is 2. The summed E-state index contributed by atoms with van der Waals surface area (Å²) in [6.45, 7) is 11.7. The van der Waals surface area contributed by atoms with Gasteiger partial charge in [-0.25, -0.2) is 0 Å². The van der Waals surface area contributed by atoms with Gasteiger partial charge in [0.15, 0.2) is 0 Å². The van der Waals surface area contributed by atoms with E-state index >= 15 is 0 Å². The summed E-state index contributed by atoms with van der Waals surface area (Å²) in [4.78, 5) is 0. The predicted octanol–water partition coefficient (Wildman–Crippen LogP) is 3.51. The van der Waals surface area contributed by atoms with Crippen molar-refractivity contribution in [3.63, 3.8) is 0 Å². The molecule has 0 rings (SSSR count). The average Bonchev–Trinajstić information content (AvgIpc) is 2.20. The molecule has 0 spiro atoms. The Bertz CT molecular complexity index is 274. The van der Waals surface area contributed by atoms with Crippen LogP contribution in [0.1, 0.15) is 26.7 Å². The normalized spacial score (nSPS) is 12.2. The molecule has 2 nitrogen and oxygen atoms in total. The molecule has 0 fully saturated rings. The summed E-state index contributed by atoms with van der Waals surface area (Å²) in [6.07, 6.45) is 7.53. The lowest BCUT2D eigenvalue weighted by atomic mass is 10.2. The van der Waals surface area contributed by atoms with Gasteiger partial charge in [0.2, 0.25) is 0 Å². The lowest BCUT2D eigenvalue weighted by Crippen LogP contribution is -2.14. The highest BCUT2D eigenvalue weighted by atomic mass is 16.5. The van der Waals surface area contributed by atoms with Crippen molar-refractivity contribution in [1.29, 1.82) is 0 Å². The van der Waals surface area contributed by atoms with Gasteiger partial charge in [-0.2, -0.15) is 0 Å². The summed E-state index contributed by atoms with van der Waals surface area (Å²) in [5.41, 5.74) is 1.88. The van der Waals surface area contributed by atoms with E-state index in [1.807, 2.05) is 19.1 Å². The second-order valence-corrected chi connectivity index (χ2v) is 3.15. The lowest BCUT2D eigenvalue weighted by Gasteiger charge is -2.14. The van der Waals surface area contributed by atoms with Gasteiger partial charge >= 0.3 is 0 Å². The zero-order valence-corrected chi connectivity index (χ0v) is 9.97. The first-order valence-corrected chi connectivity index (χ1v) is 5.17. The zero-order valence-electron chi connectivity index (χ0n) is 9.97. The molecular formula is C13H21NO. The van der Waals surface area contributed by atoms with Crippen LogP contribution in [0.15, 0.2) is 48.5 Å². The van der Waals surface area contributed by atoms with Crippen LogP contribution in [0.3, 0.4) is 0 Å². The minimum atomic E-state index is 0.798. The Morgan fingerprint density at radius 1 is 1.47 bits per heavy atom. The van der Waals surface area contributed by atoms with Gasteiger partial charge in [-0.15, -0.1) is 0 Å². The molecule has 0 aromatic carbocycles. The fourth-order valence-electron chi connectivity index (χ4n) is 1.24. The minimum Gasteiger partial charge on any atom is -0.495 e. The first-order chi connectivity index (χ1) is 7.19. The van der Waals surface area contributed by atoms with Crippen LogP contribution in [-0.2, 0) is 4.74 Å². The molecule has 0 saturated carbocycles. The number of nitrogens with one attached hydrogen (secondary N) is 1. The number of allylic oxidation sites excluding steroid dienone is 4. The van der Waals surface area contributed by atoms with Crippen molar-refractivity contribution in [3.05, 3.63) is 48.5 Å². The number of ether oxygens (including phenoxy) is 1. The van der Waals surface area contributed by atoms with Crippen molar-refractivity contribution in [2.24, 2.45) is 0 Å². The first kappa shape index (κ1) is 13.6. The van der Waals surface area contributed by atoms with E-state index in [0.29, 0.717) is 0 Å². The summed E-state index contributed by atoms with van der Waals surface area (Å²) < 4.78 is 5.23. The predicted molar refractivity (Wildman–Crippen MR) is 66.2 cm³/mol. The largest absolute Gasteiger partial charge is 0.495 e. The van der Waals surface area contributed by atoms with E-state index < -0.39 is 0 Å². The SMILES string of the molecule is C=C/C=C(NC(=C)CCC)\C(=C/C)OC. The molecule has 0 amide bonds. The van der Waals surface area contributed by atoms with Crippen LogP contribution in [0.4, 0.5) is 0 Å². The van der Waals surface area contributed by atoms with Crippen molar-refractivity contribution < 1.29 is 4.74 Å². The third-order valence-corrected chi connectivity index (χ3v) is 1.90. The summed E-state index contributed by atoms with van der Waals surface area (Å²) in [6, 6.07) is 0. The fourth-order valence-corrected chi connectivity index (χ4v) is 1.24. The molecule has 0 aliphatic heterocycles. The molecule has 0 heterocycles. The van der Waals surface area contributed by atoms with Crippen LogP contribution < -0.4 is 5.32 Å². The minimum absolute atomic E-state index is 0.798. The second-order valence-electron chi connectivity index (χ2n) is 3.15. The Morgan fingerprint density at radius 3 is 2.53 bits per heavy atom. The van der Waals surface area contributed by atoms with E-state index in [9.17, 15) is 0 Å². The molecule has 0 aromatic rings. The molecule has 0 unspecified atom stereocenters. The molecule has 0 radical (unpaired) electrons. The van der Waals surface area contributed by atoms with Gasteiger partial charge in [0.1, 0.15) is 5.76 Å². The van der Waals surface area contributed by atoms with Crippen LogP contribution in [0.5, 0.6) is 0 Å². The molecular weight excluding hydrogens is 186 g/mol. The highest BCUT2D eigenvalue weighted by molar-refractivity contribution is 5.29. The monoisotopic (exact) mass is 207 g/mol. The maximum absolute atomic E-state index is 5.23. The molecule has 0 bridgehead atoms. The van der Waals surface area contributed by atoms with Crippen molar-refractivity contribution in [3.8, 4) is 0 Å². The second kappa shape index (κ2) is 7.92. The van der Waals surface area contributed by atoms with E-state index in [4.69, 9.17) is 4.74 Å². The molecule has 84 valence electrons. The third-order valence-electron chi connectivity index (χ3n) is 1.90. The Kier molecular flexibility index (Phi) is 7.16. The summed E-state index contributed by atoms with van der Waals surface area (Å²) in [7, 11) is 1.65. The first-order valence-electron chi connectivity index (χ1n) is 5.17. The maximum Gasteiger partial charge on any atom is 0.138 e. The van der Waals surface area contributed by atoms with Crippen molar-refractivity contribution >= 4 is 0 Å². The van der Waals surface area contributed by atoms with E-state index in [1.54, 1.807) is 13.2 Å². The molecule has 0 saturated heterocycles. The standard InChI is InChI=1S/C13H21NO/c1-6-9-11(4)14-12(10-7-2)13(8-3)15-5/h7-8,10,14H,2,4,6,9H2,1,3,5H3/b12-10+,13-8+. The maximum atomic E-state index is 5.23. The van der Waals surface area contributed by atoms with Gasteiger partial charge in [-0.1, -0.05) is 32.6 Å². The zero-order chi connectivity index (χ0) is 11.7. The van der Waals surface area contributed by atoms with Gasteiger partial charge < -0.3 is 10.1 Å². The van der Waals surface area contributed by atoms with Crippen LogP contribution in [0.2, 0.25) is 0 Å². The van der Waals surface area contributed by atoms with Crippen LogP contribution in [-0.4, -0.2) is 7.11 Å². The van der Waals surface area contributed by atoms with Crippen molar-refractivity contribution in [2.75, 3.05) is 7.11 Å². The average molecular weight is 207 g/mol. The van der Waals surface area contributed by atoms with E-state index in [2.05, 4.69) is 25.4 Å². The summed E-state index contributed by atoms with van der Waals surface area (Å²) in [5, 5.41) is 3.22. The van der Waals surface area contributed by atoms with Crippen LogP contribution in [0.25, 0.3) is 0 Å². The van der Waals surface area contributed by atoms with E-state index in [1.165, 1.54) is 0 Å². The Labute approximate surface area is 93.0 Å². The van der Waals surface area contributed by atoms with Gasteiger partial charge in [-0.3, -0.25) is 0 Å². The molecule has 1 N–H and O–H groups in total. The Balaban J connectivity index is 4.62. The van der Waals surface area contributed by atoms with Gasteiger partial charge in [-0.05, 0) is 25.5 Å². The van der Waals surface area contributed by atoms with Gasteiger partial charge in [0, 0.05) is 5.70 Å². The summed E-state index contributed by atoms with van der Waals surface area (Å²) in [5.74, 6) is 0.798.